The Morgan fingerprint density at radius 2 is 1.95 bits per heavy atom. The second kappa shape index (κ2) is 6.23. The summed E-state index contributed by atoms with van der Waals surface area (Å²) in [7, 11) is 0. The lowest BCUT2D eigenvalue weighted by molar-refractivity contribution is -0.142. The maximum absolute atomic E-state index is 12.6. The smallest absolute Gasteiger partial charge is 0.229 e. The Morgan fingerprint density at radius 3 is 2.58 bits per heavy atom. The average Bonchev–Trinajstić information content (AvgIpc) is 2.38. The number of nitrogens with zero attached hydrogens (tertiary/aromatic N) is 2. The molecular weight excluding hydrogens is 238 g/mol. The Bertz CT molecular complexity index is 311. The second-order valence-electron chi connectivity index (χ2n) is 6.91. The van der Waals surface area contributed by atoms with E-state index in [0.29, 0.717) is 5.91 Å². The number of piperidine rings is 1. The van der Waals surface area contributed by atoms with Crippen LogP contribution in [0.25, 0.3) is 0 Å². The summed E-state index contributed by atoms with van der Waals surface area (Å²) < 4.78 is 0. The van der Waals surface area contributed by atoms with Crippen LogP contribution in [0, 0.1) is 11.3 Å². The van der Waals surface area contributed by atoms with Crippen molar-refractivity contribution in [2.45, 2.75) is 33.6 Å². The minimum Gasteiger partial charge on any atom is -0.340 e. The molecule has 0 saturated carbocycles. The fourth-order valence-corrected chi connectivity index (χ4v) is 3.35. The van der Waals surface area contributed by atoms with Gasteiger partial charge in [0.2, 0.25) is 5.91 Å². The van der Waals surface area contributed by atoms with Gasteiger partial charge < -0.3 is 15.1 Å². The summed E-state index contributed by atoms with van der Waals surface area (Å²) in [6.45, 7) is 13.3. The van der Waals surface area contributed by atoms with Gasteiger partial charge in [0.25, 0.3) is 0 Å². The minimum absolute atomic E-state index is 0.256. The molecule has 0 aromatic rings. The second-order valence-corrected chi connectivity index (χ2v) is 6.91. The van der Waals surface area contributed by atoms with Crippen molar-refractivity contribution in [2.75, 3.05) is 45.8 Å². The van der Waals surface area contributed by atoms with E-state index in [2.05, 4.69) is 31.0 Å². The van der Waals surface area contributed by atoms with Gasteiger partial charge in [-0.15, -0.1) is 0 Å². The minimum atomic E-state index is -0.256. The van der Waals surface area contributed by atoms with E-state index < -0.39 is 0 Å². The molecule has 1 unspecified atom stereocenters. The van der Waals surface area contributed by atoms with E-state index in [4.69, 9.17) is 0 Å². The number of likely N-dealkylation sites (tertiary alicyclic amines) is 1. The SMILES string of the molecule is CC1CCCN(CC(C)(C)C(=O)N2CCNCC2)C1. The molecule has 4 heteroatoms. The first kappa shape index (κ1) is 14.8. The van der Waals surface area contributed by atoms with Crippen LogP contribution in [0.5, 0.6) is 0 Å². The fraction of sp³-hybridized carbons (Fsp3) is 0.933. The fourth-order valence-electron chi connectivity index (χ4n) is 3.35. The molecule has 0 spiro atoms. The van der Waals surface area contributed by atoms with Gasteiger partial charge in [0.1, 0.15) is 0 Å². The van der Waals surface area contributed by atoms with Crippen molar-refractivity contribution >= 4 is 5.91 Å². The molecule has 2 aliphatic rings. The predicted octanol–water partition coefficient (Wildman–Crippen LogP) is 1.18. The molecule has 2 heterocycles. The first-order valence-corrected chi connectivity index (χ1v) is 7.71. The summed E-state index contributed by atoms with van der Waals surface area (Å²) in [5.41, 5.74) is -0.256. The van der Waals surface area contributed by atoms with E-state index >= 15 is 0 Å². The lowest BCUT2D eigenvalue weighted by Gasteiger charge is -2.39. The Balaban J connectivity index is 1.90. The largest absolute Gasteiger partial charge is 0.340 e. The van der Waals surface area contributed by atoms with Gasteiger partial charge in [-0.25, -0.2) is 0 Å². The van der Waals surface area contributed by atoms with Crippen LogP contribution in [0.1, 0.15) is 33.6 Å². The quantitative estimate of drug-likeness (QED) is 0.834. The Morgan fingerprint density at radius 1 is 1.26 bits per heavy atom. The van der Waals surface area contributed by atoms with E-state index in [0.717, 1.165) is 51.7 Å². The summed E-state index contributed by atoms with van der Waals surface area (Å²) in [4.78, 5) is 17.2. The first-order valence-electron chi connectivity index (χ1n) is 7.71. The molecule has 2 aliphatic heterocycles. The third-order valence-electron chi connectivity index (χ3n) is 4.34. The van der Waals surface area contributed by atoms with Crippen LogP contribution in [0.4, 0.5) is 0 Å². The Hall–Kier alpha value is -0.610. The number of carbonyl (C=O) groups excluding carboxylic acids is 1. The van der Waals surface area contributed by atoms with Crippen molar-refractivity contribution in [3.8, 4) is 0 Å². The topological polar surface area (TPSA) is 35.6 Å². The number of amides is 1. The molecule has 0 aliphatic carbocycles. The summed E-state index contributed by atoms with van der Waals surface area (Å²) in [6, 6.07) is 0. The van der Waals surface area contributed by atoms with Crippen molar-refractivity contribution in [2.24, 2.45) is 11.3 Å². The van der Waals surface area contributed by atoms with Gasteiger partial charge in [0.15, 0.2) is 0 Å². The first-order chi connectivity index (χ1) is 8.99. The lowest BCUT2D eigenvalue weighted by atomic mass is 9.88. The van der Waals surface area contributed by atoms with Gasteiger partial charge in [-0.1, -0.05) is 6.92 Å². The third-order valence-corrected chi connectivity index (χ3v) is 4.34. The van der Waals surface area contributed by atoms with Gasteiger partial charge in [0, 0.05) is 39.3 Å². The van der Waals surface area contributed by atoms with Crippen LogP contribution in [0.2, 0.25) is 0 Å². The highest BCUT2D eigenvalue weighted by molar-refractivity contribution is 5.82. The molecule has 1 atom stereocenters. The maximum atomic E-state index is 12.6. The molecule has 0 aromatic heterocycles. The maximum Gasteiger partial charge on any atom is 0.229 e. The number of hydrogen-bond acceptors (Lipinski definition) is 3. The standard InChI is InChI=1S/C15H29N3O/c1-13-5-4-8-17(11-13)12-15(2,3)14(19)18-9-6-16-7-10-18/h13,16H,4-12H2,1-3H3. The van der Waals surface area contributed by atoms with Crippen molar-refractivity contribution < 1.29 is 4.79 Å². The zero-order valence-electron chi connectivity index (χ0n) is 12.7. The Labute approximate surface area is 117 Å². The molecule has 0 radical (unpaired) electrons. The van der Waals surface area contributed by atoms with E-state index in [1.54, 1.807) is 0 Å². The summed E-state index contributed by atoms with van der Waals surface area (Å²) >= 11 is 0. The number of carbonyl (C=O) groups is 1. The molecule has 0 bridgehead atoms. The normalized spacial score (nSPS) is 26.5. The third kappa shape index (κ3) is 3.93. The highest BCUT2D eigenvalue weighted by atomic mass is 16.2. The average molecular weight is 267 g/mol. The number of rotatable bonds is 3. The Kier molecular flexibility index (Phi) is 4.85. The van der Waals surface area contributed by atoms with Crippen LogP contribution in [0.15, 0.2) is 0 Å². The molecule has 19 heavy (non-hydrogen) atoms. The van der Waals surface area contributed by atoms with Crippen LogP contribution >= 0.6 is 0 Å². The molecule has 1 amide bonds. The van der Waals surface area contributed by atoms with Crippen molar-refractivity contribution in [1.29, 1.82) is 0 Å². The van der Waals surface area contributed by atoms with Gasteiger partial charge in [-0.3, -0.25) is 4.79 Å². The number of hydrogen-bond donors (Lipinski definition) is 1. The molecule has 110 valence electrons. The molecule has 2 rings (SSSR count). The summed E-state index contributed by atoms with van der Waals surface area (Å²) in [5, 5.41) is 3.30. The van der Waals surface area contributed by atoms with Crippen molar-refractivity contribution in [3.63, 3.8) is 0 Å². The summed E-state index contributed by atoms with van der Waals surface area (Å²) in [6.07, 6.45) is 2.61. The molecule has 0 aromatic carbocycles. The van der Waals surface area contributed by atoms with Gasteiger partial charge in [-0.05, 0) is 39.2 Å². The molecule has 1 N–H and O–H groups in total. The highest BCUT2D eigenvalue weighted by Crippen LogP contribution is 2.24. The zero-order valence-corrected chi connectivity index (χ0v) is 12.7. The number of nitrogens with one attached hydrogen (secondary N) is 1. The molecule has 2 fully saturated rings. The molecule has 4 nitrogen and oxygen atoms in total. The van der Waals surface area contributed by atoms with Gasteiger partial charge in [-0.2, -0.15) is 0 Å². The zero-order chi connectivity index (χ0) is 13.9. The monoisotopic (exact) mass is 267 g/mol. The van der Waals surface area contributed by atoms with E-state index in [9.17, 15) is 4.79 Å². The van der Waals surface area contributed by atoms with Crippen LogP contribution in [-0.4, -0.2) is 61.5 Å². The van der Waals surface area contributed by atoms with E-state index in [1.807, 2.05) is 4.90 Å². The van der Waals surface area contributed by atoms with Gasteiger partial charge >= 0.3 is 0 Å². The lowest BCUT2D eigenvalue weighted by Crippen LogP contribution is -2.53. The summed E-state index contributed by atoms with van der Waals surface area (Å²) in [5.74, 6) is 1.10. The van der Waals surface area contributed by atoms with Gasteiger partial charge in [0.05, 0.1) is 5.41 Å². The number of piperazine rings is 1. The van der Waals surface area contributed by atoms with Crippen molar-refractivity contribution in [3.05, 3.63) is 0 Å². The van der Waals surface area contributed by atoms with Crippen LogP contribution in [-0.2, 0) is 4.79 Å². The van der Waals surface area contributed by atoms with Crippen molar-refractivity contribution in [1.82, 2.24) is 15.1 Å². The molecular formula is C15H29N3O. The predicted molar refractivity (Wildman–Crippen MR) is 78.1 cm³/mol. The molecule has 2 saturated heterocycles. The van der Waals surface area contributed by atoms with Crippen LogP contribution < -0.4 is 5.32 Å². The van der Waals surface area contributed by atoms with Crippen LogP contribution in [0.3, 0.4) is 0 Å². The van der Waals surface area contributed by atoms with E-state index in [1.165, 1.54) is 12.8 Å². The highest BCUT2D eigenvalue weighted by Gasteiger charge is 2.35. The van der Waals surface area contributed by atoms with E-state index in [-0.39, 0.29) is 5.41 Å².